The molecule has 1 aromatic heterocycles. The quantitative estimate of drug-likeness (QED) is 0.667. The molecule has 0 fully saturated rings. The maximum Gasteiger partial charge on any atom is 0.237 e. The molecular weight excluding hydrogens is 216 g/mol. The van der Waals surface area contributed by atoms with Crippen molar-refractivity contribution in [1.82, 2.24) is 20.4 Å². The molecule has 0 aliphatic rings. The summed E-state index contributed by atoms with van der Waals surface area (Å²) in [6.07, 6.45) is 6.35. The second kappa shape index (κ2) is 6.85. The lowest BCUT2D eigenvalue weighted by Crippen LogP contribution is -2.42. The zero-order valence-corrected chi connectivity index (χ0v) is 10.4. The number of amides is 1. The van der Waals surface area contributed by atoms with Crippen molar-refractivity contribution >= 4 is 5.91 Å². The average Bonchev–Trinajstić information content (AvgIpc) is 2.71. The molecule has 0 aliphatic heterocycles. The van der Waals surface area contributed by atoms with Crippen LogP contribution in [0.5, 0.6) is 0 Å². The molecule has 1 rings (SSSR count). The largest absolute Gasteiger partial charge is 0.351 e. The summed E-state index contributed by atoms with van der Waals surface area (Å²) in [7, 11) is 1.89. The normalized spacial score (nSPS) is 12.1. The summed E-state index contributed by atoms with van der Waals surface area (Å²) in [5.41, 5.74) is 1.17. The molecule has 0 saturated heterocycles. The van der Waals surface area contributed by atoms with Gasteiger partial charge in [0, 0.05) is 26.3 Å². The van der Waals surface area contributed by atoms with Gasteiger partial charge >= 0.3 is 0 Å². The molecule has 0 spiro atoms. The fourth-order valence-corrected chi connectivity index (χ4v) is 1.45. The summed E-state index contributed by atoms with van der Waals surface area (Å²) in [5, 5.41) is 10.0. The van der Waals surface area contributed by atoms with E-state index in [4.69, 9.17) is 0 Å². The first-order valence-electron chi connectivity index (χ1n) is 5.73. The maximum atomic E-state index is 11.5. The summed E-state index contributed by atoms with van der Waals surface area (Å²) in [6, 6.07) is -0.188. The van der Waals surface area contributed by atoms with Gasteiger partial charge < -0.3 is 10.6 Å². The lowest BCUT2D eigenvalue weighted by molar-refractivity contribution is -0.122. The van der Waals surface area contributed by atoms with Gasteiger partial charge in [-0.2, -0.15) is 5.10 Å². The van der Waals surface area contributed by atoms with Gasteiger partial charge in [-0.25, -0.2) is 0 Å². The molecular formula is C12H20N4O. The number of rotatable bonds is 7. The Balaban J connectivity index is 2.21. The monoisotopic (exact) mass is 236 g/mol. The van der Waals surface area contributed by atoms with Crippen molar-refractivity contribution in [3.63, 3.8) is 0 Å². The molecule has 1 atom stereocenters. The number of hydrogen-bond donors (Lipinski definition) is 2. The third-order valence-corrected chi connectivity index (χ3v) is 2.44. The topological polar surface area (TPSA) is 59.0 Å². The van der Waals surface area contributed by atoms with Gasteiger partial charge in [0.05, 0.1) is 12.2 Å². The van der Waals surface area contributed by atoms with Crippen LogP contribution in [0.3, 0.4) is 0 Å². The van der Waals surface area contributed by atoms with Gasteiger partial charge in [0.25, 0.3) is 0 Å². The number of hydrogen-bond acceptors (Lipinski definition) is 3. The first-order valence-corrected chi connectivity index (χ1v) is 5.73. The Morgan fingerprint density at radius 2 is 2.47 bits per heavy atom. The molecule has 5 nitrogen and oxygen atoms in total. The summed E-state index contributed by atoms with van der Waals surface area (Å²) < 4.78 is 1.77. The fourth-order valence-electron chi connectivity index (χ4n) is 1.45. The van der Waals surface area contributed by atoms with Crippen LogP contribution >= 0.6 is 0 Å². The second-order valence-corrected chi connectivity index (χ2v) is 3.98. The van der Waals surface area contributed by atoms with Gasteiger partial charge in [-0.05, 0) is 18.9 Å². The van der Waals surface area contributed by atoms with E-state index in [9.17, 15) is 4.79 Å². The molecule has 0 bridgehead atoms. The zero-order chi connectivity index (χ0) is 12.7. The van der Waals surface area contributed by atoms with Crippen LogP contribution in [0.4, 0.5) is 0 Å². The summed E-state index contributed by atoms with van der Waals surface area (Å²) >= 11 is 0. The molecule has 17 heavy (non-hydrogen) atoms. The van der Waals surface area contributed by atoms with Crippen LogP contribution in [0, 0.1) is 0 Å². The van der Waals surface area contributed by atoms with Crippen LogP contribution in [0.15, 0.2) is 25.0 Å². The Morgan fingerprint density at radius 1 is 1.71 bits per heavy atom. The van der Waals surface area contributed by atoms with Crippen molar-refractivity contribution < 1.29 is 4.79 Å². The van der Waals surface area contributed by atoms with E-state index >= 15 is 0 Å². The van der Waals surface area contributed by atoms with Crippen molar-refractivity contribution in [2.45, 2.75) is 19.4 Å². The average molecular weight is 236 g/mol. The van der Waals surface area contributed by atoms with Gasteiger partial charge in [0.15, 0.2) is 0 Å². The molecule has 2 N–H and O–H groups in total. The number of nitrogens with one attached hydrogen (secondary N) is 2. The molecule has 1 heterocycles. The van der Waals surface area contributed by atoms with Gasteiger partial charge in [0.2, 0.25) is 5.91 Å². The van der Waals surface area contributed by atoms with Crippen molar-refractivity contribution in [2.24, 2.45) is 7.05 Å². The summed E-state index contributed by atoms with van der Waals surface area (Å²) in [6.45, 7) is 6.67. The van der Waals surface area contributed by atoms with Crippen molar-refractivity contribution in [1.29, 1.82) is 0 Å². The van der Waals surface area contributed by atoms with Gasteiger partial charge in [0.1, 0.15) is 0 Å². The minimum absolute atomic E-state index is 0.00362. The Morgan fingerprint density at radius 3 is 3.06 bits per heavy atom. The molecule has 1 amide bonds. The first-order chi connectivity index (χ1) is 8.13. The minimum atomic E-state index is -0.188. The molecule has 0 saturated carbocycles. The Labute approximate surface area is 102 Å². The number of aromatic nitrogens is 2. The van der Waals surface area contributed by atoms with E-state index in [2.05, 4.69) is 22.3 Å². The SMILES string of the molecule is C=CCNC(=O)C(C)NCCc1cnn(C)c1. The maximum absolute atomic E-state index is 11.5. The predicted octanol–water partition coefficient (Wildman–Crippen LogP) is 0.243. The minimum Gasteiger partial charge on any atom is -0.351 e. The fraction of sp³-hybridized carbons (Fsp3) is 0.500. The molecule has 1 aromatic rings. The lowest BCUT2D eigenvalue weighted by Gasteiger charge is -2.12. The van der Waals surface area contributed by atoms with E-state index in [1.54, 1.807) is 10.8 Å². The van der Waals surface area contributed by atoms with Crippen LogP contribution in [0.2, 0.25) is 0 Å². The van der Waals surface area contributed by atoms with E-state index in [0.29, 0.717) is 6.54 Å². The summed E-state index contributed by atoms with van der Waals surface area (Å²) in [4.78, 5) is 11.5. The predicted molar refractivity (Wildman–Crippen MR) is 67.6 cm³/mol. The van der Waals surface area contributed by atoms with E-state index in [0.717, 1.165) is 13.0 Å². The van der Waals surface area contributed by atoms with Crippen LogP contribution in [0.1, 0.15) is 12.5 Å². The third-order valence-electron chi connectivity index (χ3n) is 2.44. The summed E-state index contributed by atoms with van der Waals surface area (Å²) in [5.74, 6) is -0.00362. The van der Waals surface area contributed by atoms with Crippen LogP contribution in [0.25, 0.3) is 0 Å². The Kier molecular flexibility index (Phi) is 5.42. The van der Waals surface area contributed by atoms with Crippen molar-refractivity contribution in [3.8, 4) is 0 Å². The second-order valence-electron chi connectivity index (χ2n) is 3.98. The lowest BCUT2D eigenvalue weighted by atomic mass is 10.2. The highest BCUT2D eigenvalue weighted by molar-refractivity contribution is 5.81. The van der Waals surface area contributed by atoms with Gasteiger partial charge in [-0.1, -0.05) is 6.08 Å². The molecule has 0 radical (unpaired) electrons. The Bertz CT molecular complexity index is 372. The number of carbonyl (C=O) groups excluding carboxylic acids is 1. The van der Waals surface area contributed by atoms with Gasteiger partial charge in [-0.3, -0.25) is 9.48 Å². The molecule has 0 aliphatic carbocycles. The van der Waals surface area contributed by atoms with Crippen LogP contribution in [-0.2, 0) is 18.3 Å². The van der Waals surface area contributed by atoms with Crippen molar-refractivity contribution in [3.05, 3.63) is 30.6 Å². The number of carbonyl (C=O) groups is 1. The van der Waals surface area contributed by atoms with E-state index in [-0.39, 0.29) is 11.9 Å². The number of aryl methyl sites for hydroxylation is 1. The highest BCUT2D eigenvalue weighted by Crippen LogP contribution is 1.96. The van der Waals surface area contributed by atoms with E-state index < -0.39 is 0 Å². The van der Waals surface area contributed by atoms with Crippen LogP contribution < -0.4 is 10.6 Å². The van der Waals surface area contributed by atoms with Gasteiger partial charge in [-0.15, -0.1) is 6.58 Å². The zero-order valence-electron chi connectivity index (χ0n) is 10.4. The molecule has 0 aromatic carbocycles. The smallest absolute Gasteiger partial charge is 0.237 e. The first kappa shape index (κ1) is 13.4. The van der Waals surface area contributed by atoms with Crippen LogP contribution in [-0.4, -0.2) is 34.8 Å². The third kappa shape index (κ3) is 4.82. The number of nitrogens with zero attached hydrogens (tertiary/aromatic N) is 2. The molecule has 5 heteroatoms. The molecule has 94 valence electrons. The van der Waals surface area contributed by atoms with E-state index in [1.165, 1.54) is 5.56 Å². The highest BCUT2D eigenvalue weighted by atomic mass is 16.2. The standard InChI is InChI=1S/C12H20N4O/c1-4-6-14-12(17)10(2)13-7-5-11-8-15-16(3)9-11/h4,8-10,13H,1,5-7H2,2-3H3,(H,14,17). The highest BCUT2D eigenvalue weighted by Gasteiger charge is 2.10. The van der Waals surface area contributed by atoms with E-state index in [1.807, 2.05) is 26.4 Å². The Hall–Kier alpha value is -1.62. The van der Waals surface area contributed by atoms with Crippen molar-refractivity contribution in [2.75, 3.05) is 13.1 Å². The molecule has 1 unspecified atom stereocenters.